The number of hydrogen-bond donors (Lipinski definition) is 0. The monoisotopic (exact) mass is 234 g/mol. The number of esters is 1. The Morgan fingerprint density at radius 2 is 1.94 bits per heavy atom. The number of carbonyl (C=O) groups is 1. The van der Waals surface area contributed by atoms with Crippen LogP contribution in [-0.4, -0.2) is 19.7 Å². The average molecular weight is 234 g/mol. The number of methoxy groups -OCH3 is 1. The third-order valence-electron chi connectivity index (χ3n) is 2.25. The molecule has 0 heterocycles. The van der Waals surface area contributed by atoms with Gasteiger partial charge < -0.3 is 9.47 Å². The summed E-state index contributed by atoms with van der Waals surface area (Å²) in [5.74, 6) is 0.435. The fraction of sp³-hybridized carbons (Fsp3) is 0.357. The van der Waals surface area contributed by atoms with Crippen LogP contribution in [0.3, 0.4) is 0 Å². The first-order chi connectivity index (χ1) is 8.27. The fourth-order valence-corrected chi connectivity index (χ4v) is 1.31. The van der Waals surface area contributed by atoms with Crippen LogP contribution in [0.25, 0.3) is 0 Å². The van der Waals surface area contributed by atoms with Gasteiger partial charge in [-0.15, -0.1) is 0 Å². The molecule has 0 radical (unpaired) electrons. The lowest BCUT2D eigenvalue weighted by Gasteiger charge is -2.04. The van der Waals surface area contributed by atoms with Crippen LogP contribution in [0.4, 0.5) is 0 Å². The molecule has 0 aromatic heterocycles. The van der Waals surface area contributed by atoms with Crippen LogP contribution >= 0.6 is 0 Å². The second kappa shape index (κ2) is 7.49. The molecule has 0 unspecified atom stereocenters. The second-order valence-corrected chi connectivity index (χ2v) is 3.53. The zero-order chi connectivity index (χ0) is 12.5. The van der Waals surface area contributed by atoms with Gasteiger partial charge >= 0.3 is 5.97 Å². The number of ether oxygens (including phenoxy) is 2. The van der Waals surface area contributed by atoms with Gasteiger partial charge in [0.15, 0.2) is 0 Å². The van der Waals surface area contributed by atoms with Crippen LogP contribution in [0.15, 0.2) is 36.4 Å². The van der Waals surface area contributed by atoms with Gasteiger partial charge in [-0.2, -0.15) is 0 Å². The quantitative estimate of drug-likeness (QED) is 0.431. The fourth-order valence-electron chi connectivity index (χ4n) is 1.31. The van der Waals surface area contributed by atoms with Crippen molar-refractivity contribution in [3.63, 3.8) is 0 Å². The molecule has 0 saturated heterocycles. The maximum Gasteiger partial charge on any atom is 0.338 e. The molecule has 0 aliphatic heterocycles. The van der Waals surface area contributed by atoms with E-state index in [1.807, 2.05) is 6.08 Å². The van der Waals surface area contributed by atoms with E-state index in [2.05, 4.69) is 13.0 Å². The van der Waals surface area contributed by atoms with Gasteiger partial charge in [-0.1, -0.05) is 19.1 Å². The molecule has 0 saturated carbocycles. The van der Waals surface area contributed by atoms with Gasteiger partial charge in [0.2, 0.25) is 0 Å². The van der Waals surface area contributed by atoms with Crippen LogP contribution in [0.2, 0.25) is 0 Å². The van der Waals surface area contributed by atoms with Gasteiger partial charge in [0.05, 0.1) is 19.3 Å². The van der Waals surface area contributed by atoms with Crippen molar-refractivity contribution in [3.05, 3.63) is 42.0 Å². The highest BCUT2D eigenvalue weighted by Gasteiger charge is 2.05. The summed E-state index contributed by atoms with van der Waals surface area (Å²) in [5, 5.41) is 0. The summed E-state index contributed by atoms with van der Waals surface area (Å²) >= 11 is 0. The summed E-state index contributed by atoms with van der Waals surface area (Å²) in [7, 11) is 1.59. The van der Waals surface area contributed by atoms with Crippen molar-refractivity contribution in [2.75, 3.05) is 13.7 Å². The van der Waals surface area contributed by atoms with Crippen LogP contribution in [0.1, 0.15) is 30.1 Å². The molecule has 1 rings (SSSR count). The maximum atomic E-state index is 11.6. The molecule has 0 N–H and O–H groups in total. The zero-order valence-electron chi connectivity index (χ0n) is 10.3. The Kier molecular flexibility index (Phi) is 5.86. The minimum Gasteiger partial charge on any atom is -0.497 e. The predicted octanol–water partition coefficient (Wildman–Crippen LogP) is 3.21. The standard InChI is InChI=1S/C14H18O3/c1-3-4-5-6-11-17-14(15)12-7-9-13(16-2)10-8-12/h4-5,7-10H,3,6,11H2,1-2H3. The van der Waals surface area contributed by atoms with Gasteiger partial charge in [-0.25, -0.2) is 4.79 Å². The average Bonchev–Trinajstić information content (AvgIpc) is 2.38. The molecule has 0 aliphatic rings. The molecule has 0 bridgehead atoms. The molecular formula is C14H18O3. The third kappa shape index (κ3) is 4.72. The first-order valence-electron chi connectivity index (χ1n) is 5.74. The van der Waals surface area contributed by atoms with E-state index in [0.29, 0.717) is 12.2 Å². The molecule has 0 aliphatic carbocycles. The van der Waals surface area contributed by atoms with E-state index >= 15 is 0 Å². The molecule has 0 amide bonds. The topological polar surface area (TPSA) is 35.5 Å². The maximum absolute atomic E-state index is 11.6. The normalized spacial score (nSPS) is 10.5. The molecule has 3 heteroatoms. The van der Waals surface area contributed by atoms with Crippen molar-refractivity contribution < 1.29 is 14.3 Å². The molecule has 0 fully saturated rings. The Labute approximate surface area is 102 Å². The van der Waals surface area contributed by atoms with Gasteiger partial charge in [-0.05, 0) is 37.1 Å². The second-order valence-electron chi connectivity index (χ2n) is 3.53. The van der Waals surface area contributed by atoms with Crippen molar-refractivity contribution in [3.8, 4) is 5.75 Å². The first kappa shape index (κ1) is 13.3. The number of allylic oxidation sites excluding steroid dienone is 1. The van der Waals surface area contributed by atoms with Gasteiger partial charge in [-0.3, -0.25) is 0 Å². The smallest absolute Gasteiger partial charge is 0.338 e. The summed E-state index contributed by atoms with van der Waals surface area (Å²) in [6, 6.07) is 6.88. The van der Waals surface area contributed by atoms with E-state index in [4.69, 9.17) is 9.47 Å². The molecule has 1 aromatic carbocycles. The van der Waals surface area contributed by atoms with Crippen LogP contribution in [0, 0.1) is 0 Å². The largest absolute Gasteiger partial charge is 0.497 e. The number of carbonyl (C=O) groups excluding carboxylic acids is 1. The lowest BCUT2D eigenvalue weighted by molar-refractivity contribution is 0.0511. The Morgan fingerprint density at radius 3 is 2.53 bits per heavy atom. The Bertz CT molecular complexity index is 366. The molecule has 0 atom stereocenters. The van der Waals surface area contributed by atoms with Gasteiger partial charge in [0, 0.05) is 0 Å². The first-order valence-corrected chi connectivity index (χ1v) is 5.74. The van der Waals surface area contributed by atoms with Crippen LogP contribution in [0.5, 0.6) is 5.75 Å². The van der Waals surface area contributed by atoms with E-state index in [9.17, 15) is 4.79 Å². The van der Waals surface area contributed by atoms with Gasteiger partial charge in [0.1, 0.15) is 5.75 Å². The highest BCUT2D eigenvalue weighted by Crippen LogP contribution is 2.12. The van der Waals surface area contributed by atoms with E-state index in [-0.39, 0.29) is 5.97 Å². The highest BCUT2D eigenvalue weighted by molar-refractivity contribution is 5.89. The van der Waals surface area contributed by atoms with Crippen LogP contribution in [-0.2, 0) is 4.74 Å². The number of rotatable bonds is 6. The predicted molar refractivity (Wildman–Crippen MR) is 67.3 cm³/mol. The number of benzene rings is 1. The Hall–Kier alpha value is -1.77. The third-order valence-corrected chi connectivity index (χ3v) is 2.25. The highest BCUT2D eigenvalue weighted by atomic mass is 16.5. The molecular weight excluding hydrogens is 216 g/mol. The Balaban J connectivity index is 2.38. The van der Waals surface area contributed by atoms with Crippen LogP contribution < -0.4 is 4.74 Å². The summed E-state index contributed by atoms with van der Waals surface area (Å²) in [4.78, 5) is 11.6. The van der Waals surface area contributed by atoms with E-state index in [0.717, 1.165) is 18.6 Å². The summed E-state index contributed by atoms with van der Waals surface area (Å²) in [5.41, 5.74) is 0.547. The molecule has 92 valence electrons. The SMILES string of the molecule is CCC=CCCOC(=O)c1ccc(OC)cc1. The summed E-state index contributed by atoms with van der Waals surface area (Å²) in [6.45, 7) is 2.49. The minimum absolute atomic E-state index is 0.294. The zero-order valence-corrected chi connectivity index (χ0v) is 10.3. The van der Waals surface area contributed by atoms with E-state index < -0.39 is 0 Å². The van der Waals surface area contributed by atoms with E-state index in [1.54, 1.807) is 31.4 Å². The lowest BCUT2D eigenvalue weighted by Crippen LogP contribution is -2.05. The van der Waals surface area contributed by atoms with Crippen molar-refractivity contribution in [1.82, 2.24) is 0 Å². The van der Waals surface area contributed by atoms with Crippen molar-refractivity contribution in [2.45, 2.75) is 19.8 Å². The van der Waals surface area contributed by atoms with Crippen molar-refractivity contribution in [1.29, 1.82) is 0 Å². The molecule has 17 heavy (non-hydrogen) atoms. The Morgan fingerprint density at radius 1 is 1.24 bits per heavy atom. The van der Waals surface area contributed by atoms with Gasteiger partial charge in [0.25, 0.3) is 0 Å². The molecule has 1 aromatic rings. The minimum atomic E-state index is -0.294. The van der Waals surface area contributed by atoms with E-state index in [1.165, 1.54) is 0 Å². The lowest BCUT2D eigenvalue weighted by atomic mass is 10.2. The molecule has 0 spiro atoms. The number of hydrogen-bond acceptors (Lipinski definition) is 3. The molecule has 3 nitrogen and oxygen atoms in total. The summed E-state index contributed by atoms with van der Waals surface area (Å²) in [6.07, 6.45) is 5.84. The van der Waals surface area contributed by atoms with Crippen molar-refractivity contribution in [2.24, 2.45) is 0 Å². The van der Waals surface area contributed by atoms with Crippen molar-refractivity contribution >= 4 is 5.97 Å². The summed E-state index contributed by atoms with van der Waals surface area (Å²) < 4.78 is 10.1.